The molecular formula is C25H27ClF3NO. The van der Waals surface area contributed by atoms with E-state index in [2.05, 4.69) is 29.6 Å². The van der Waals surface area contributed by atoms with Crippen molar-refractivity contribution in [3.05, 3.63) is 69.7 Å². The van der Waals surface area contributed by atoms with Gasteiger partial charge in [-0.25, -0.2) is 0 Å². The molecule has 1 saturated carbocycles. The lowest BCUT2D eigenvalue weighted by Gasteiger charge is -2.24. The minimum Gasteiger partial charge on any atom is -0.313 e. The lowest BCUT2D eigenvalue weighted by atomic mass is 9.84. The maximum absolute atomic E-state index is 13.2. The van der Waals surface area contributed by atoms with E-state index in [1.165, 1.54) is 37.0 Å². The molecule has 2 aromatic rings. The highest BCUT2D eigenvalue weighted by atomic mass is 35.5. The van der Waals surface area contributed by atoms with Crippen molar-refractivity contribution >= 4 is 17.4 Å². The first-order chi connectivity index (χ1) is 14.8. The molecule has 1 aliphatic heterocycles. The van der Waals surface area contributed by atoms with E-state index in [-0.39, 0.29) is 29.7 Å². The first kappa shape index (κ1) is 22.3. The highest BCUT2D eigenvalue weighted by molar-refractivity contribution is 6.34. The molecule has 0 spiro atoms. The van der Waals surface area contributed by atoms with Crippen LogP contribution in [0.2, 0.25) is 5.02 Å². The summed E-state index contributed by atoms with van der Waals surface area (Å²) in [7, 11) is 0. The molecule has 1 N–H and O–H groups in total. The van der Waals surface area contributed by atoms with E-state index >= 15 is 0 Å². The molecule has 2 aromatic carbocycles. The Bertz CT molecular complexity index is 915. The van der Waals surface area contributed by atoms with Crippen LogP contribution in [0.25, 0.3) is 0 Å². The van der Waals surface area contributed by atoms with Gasteiger partial charge in [0.15, 0.2) is 5.78 Å². The van der Waals surface area contributed by atoms with E-state index < -0.39 is 16.8 Å². The molecule has 1 heterocycles. The lowest BCUT2D eigenvalue weighted by molar-refractivity contribution is -0.137. The predicted molar refractivity (Wildman–Crippen MR) is 117 cm³/mol. The number of halogens is 4. The fraction of sp³-hybridized carbons (Fsp3) is 0.480. The zero-order chi connectivity index (χ0) is 22.0. The van der Waals surface area contributed by atoms with Gasteiger partial charge in [-0.05, 0) is 61.4 Å². The predicted octanol–water partition coefficient (Wildman–Crippen LogP) is 6.81. The van der Waals surface area contributed by atoms with Crippen LogP contribution in [0.5, 0.6) is 0 Å². The molecule has 6 heteroatoms. The summed E-state index contributed by atoms with van der Waals surface area (Å²) in [5, 5.41) is 2.95. The number of hydrogen-bond donors (Lipinski definition) is 1. The molecule has 2 fully saturated rings. The summed E-state index contributed by atoms with van der Waals surface area (Å²) in [5.41, 5.74) is 1.32. The zero-order valence-electron chi connectivity index (χ0n) is 17.4. The van der Waals surface area contributed by atoms with Gasteiger partial charge in [0.2, 0.25) is 0 Å². The summed E-state index contributed by atoms with van der Waals surface area (Å²) in [6.45, 7) is 0.888. The second kappa shape index (κ2) is 9.33. The third-order valence-corrected chi connectivity index (χ3v) is 6.95. The number of Topliss-reactive ketones (excluding diaryl/α,β-unsaturated/α-hetero) is 1. The molecule has 2 nitrogen and oxygen atoms in total. The van der Waals surface area contributed by atoms with Gasteiger partial charge < -0.3 is 5.32 Å². The highest BCUT2D eigenvalue weighted by Gasteiger charge is 2.35. The van der Waals surface area contributed by atoms with E-state index in [1.54, 1.807) is 0 Å². The van der Waals surface area contributed by atoms with Gasteiger partial charge in [-0.15, -0.1) is 0 Å². The number of carbonyl (C=O) groups excluding carboxylic acids is 1. The van der Waals surface area contributed by atoms with Crippen molar-refractivity contribution in [2.24, 2.45) is 5.92 Å². The fourth-order valence-electron chi connectivity index (χ4n) is 4.53. The Labute approximate surface area is 186 Å². The highest BCUT2D eigenvalue weighted by Crippen LogP contribution is 2.38. The molecule has 31 heavy (non-hydrogen) atoms. The van der Waals surface area contributed by atoms with Crippen LogP contribution in [0, 0.1) is 5.92 Å². The summed E-state index contributed by atoms with van der Waals surface area (Å²) in [6, 6.07) is 12.1. The first-order valence-corrected chi connectivity index (χ1v) is 11.4. The molecule has 166 valence electrons. The molecule has 1 unspecified atom stereocenters. The van der Waals surface area contributed by atoms with Crippen molar-refractivity contribution in [3.8, 4) is 0 Å². The Balaban J connectivity index is 1.54. The minimum absolute atomic E-state index is 0.0551. The van der Waals surface area contributed by atoms with Gasteiger partial charge in [0, 0.05) is 23.9 Å². The van der Waals surface area contributed by atoms with Gasteiger partial charge in [-0.2, -0.15) is 13.2 Å². The second-order valence-corrected chi connectivity index (χ2v) is 9.20. The maximum Gasteiger partial charge on any atom is 0.417 e. The van der Waals surface area contributed by atoms with Gasteiger partial charge in [0.1, 0.15) is 0 Å². The molecule has 2 atom stereocenters. The third kappa shape index (κ3) is 5.50. The summed E-state index contributed by atoms with van der Waals surface area (Å²) < 4.78 is 39.6. The number of ketones is 1. The van der Waals surface area contributed by atoms with E-state index in [9.17, 15) is 18.0 Å². The molecule has 2 aliphatic rings. The number of alkyl halides is 3. The van der Waals surface area contributed by atoms with Crippen LogP contribution < -0.4 is 5.32 Å². The van der Waals surface area contributed by atoms with Gasteiger partial charge in [0.25, 0.3) is 0 Å². The van der Waals surface area contributed by atoms with Crippen molar-refractivity contribution in [1.29, 1.82) is 0 Å². The number of nitrogens with one attached hydrogen (secondary N) is 1. The Morgan fingerprint density at radius 3 is 2.45 bits per heavy atom. The van der Waals surface area contributed by atoms with Gasteiger partial charge in [-0.1, -0.05) is 54.8 Å². The van der Waals surface area contributed by atoms with Gasteiger partial charge in [-0.3, -0.25) is 4.79 Å². The van der Waals surface area contributed by atoms with Crippen LogP contribution in [-0.4, -0.2) is 18.4 Å². The molecule has 1 aliphatic carbocycles. The molecular weight excluding hydrogens is 423 g/mol. The Kier molecular flexibility index (Phi) is 6.73. The van der Waals surface area contributed by atoms with Crippen molar-refractivity contribution in [3.63, 3.8) is 0 Å². The van der Waals surface area contributed by atoms with Crippen LogP contribution in [0.3, 0.4) is 0 Å². The van der Waals surface area contributed by atoms with Crippen molar-refractivity contribution in [2.45, 2.75) is 63.1 Å². The standard InChI is InChI=1S/C25H27ClF3NO/c26-24-19(3-1-4-21(24)25(27,28)29)23(31)15-20(22-5-2-14-30-22)18-12-10-17(11-13-18)9-8-16-6-7-16/h1,3-4,10-13,16,20,22,30H,2,5-9,14-15H2/t20-,22?/m0/s1. The molecule has 0 bridgehead atoms. The topological polar surface area (TPSA) is 29.1 Å². The third-order valence-electron chi connectivity index (χ3n) is 6.54. The first-order valence-electron chi connectivity index (χ1n) is 11.0. The Morgan fingerprint density at radius 2 is 1.84 bits per heavy atom. The fourth-order valence-corrected chi connectivity index (χ4v) is 4.87. The number of carbonyl (C=O) groups is 1. The minimum atomic E-state index is -4.59. The second-order valence-electron chi connectivity index (χ2n) is 8.83. The van der Waals surface area contributed by atoms with E-state index in [0.717, 1.165) is 43.4 Å². The maximum atomic E-state index is 13.2. The monoisotopic (exact) mass is 449 g/mol. The Hall–Kier alpha value is -1.85. The summed E-state index contributed by atoms with van der Waals surface area (Å²) in [5.74, 6) is 0.427. The van der Waals surface area contributed by atoms with Crippen LogP contribution in [0.4, 0.5) is 13.2 Å². The smallest absolute Gasteiger partial charge is 0.313 e. The molecule has 0 amide bonds. The summed E-state index contributed by atoms with van der Waals surface area (Å²) >= 11 is 6.01. The normalized spacial score (nSPS) is 20.1. The van der Waals surface area contributed by atoms with Crippen LogP contribution in [0.15, 0.2) is 42.5 Å². The quantitative estimate of drug-likeness (QED) is 0.448. The van der Waals surface area contributed by atoms with E-state index in [0.29, 0.717) is 0 Å². The molecule has 1 saturated heterocycles. The zero-order valence-corrected chi connectivity index (χ0v) is 18.1. The lowest BCUT2D eigenvalue weighted by Crippen LogP contribution is -2.30. The SMILES string of the molecule is O=C(C[C@@H](c1ccc(CCC2CC2)cc1)C1CCCN1)c1cccc(C(F)(F)F)c1Cl. The summed E-state index contributed by atoms with van der Waals surface area (Å²) in [6.07, 6.45) is 2.48. The number of benzene rings is 2. The van der Waals surface area contributed by atoms with Crippen molar-refractivity contribution in [1.82, 2.24) is 5.32 Å². The molecule has 0 aromatic heterocycles. The van der Waals surface area contributed by atoms with Crippen molar-refractivity contribution in [2.75, 3.05) is 6.54 Å². The molecule has 4 rings (SSSR count). The number of hydrogen-bond acceptors (Lipinski definition) is 2. The van der Waals surface area contributed by atoms with E-state index in [1.807, 2.05) is 0 Å². The average molecular weight is 450 g/mol. The average Bonchev–Trinajstić information content (AvgIpc) is 3.41. The van der Waals surface area contributed by atoms with Gasteiger partial charge in [0.05, 0.1) is 10.6 Å². The molecule has 0 radical (unpaired) electrons. The largest absolute Gasteiger partial charge is 0.417 e. The number of rotatable bonds is 8. The van der Waals surface area contributed by atoms with Crippen LogP contribution >= 0.6 is 11.6 Å². The summed E-state index contributed by atoms with van der Waals surface area (Å²) in [4.78, 5) is 13.1. The van der Waals surface area contributed by atoms with Crippen molar-refractivity contribution < 1.29 is 18.0 Å². The Morgan fingerprint density at radius 1 is 1.10 bits per heavy atom. The van der Waals surface area contributed by atoms with Gasteiger partial charge >= 0.3 is 6.18 Å². The number of aryl methyl sites for hydroxylation is 1. The van der Waals surface area contributed by atoms with Crippen LogP contribution in [-0.2, 0) is 12.6 Å². The van der Waals surface area contributed by atoms with Crippen LogP contribution in [0.1, 0.15) is 71.5 Å². The van der Waals surface area contributed by atoms with E-state index in [4.69, 9.17) is 11.6 Å².